The zero-order chi connectivity index (χ0) is 14.0. The van der Waals surface area contributed by atoms with E-state index in [1.807, 2.05) is 37.3 Å². The highest BCUT2D eigenvalue weighted by Crippen LogP contribution is 2.30. The molecule has 1 N–H and O–H groups in total. The zero-order valence-corrected chi connectivity index (χ0v) is 14.0. The first-order valence-electron chi connectivity index (χ1n) is 5.61. The number of benzene rings is 2. The molecule has 2 aromatic rings. The van der Waals surface area contributed by atoms with Crippen LogP contribution in [0.25, 0.3) is 0 Å². The number of hydrogen-bond donors (Lipinski definition) is 1. The zero-order valence-electron chi connectivity index (χ0n) is 10.1. The summed E-state index contributed by atoms with van der Waals surface area (Å²) in [5.74, 6) is 0. The van der Waals surface area contributed by atoms with E-state index in [9.17, 15) is 0 Å². The molecule has 5 heteroatoms. The minimum Gasteiger partial charge on any atom is -0.380 e. The van der Waals surface area contributed by atoms with Crippen LogP contribution in [0.5, 0.6) is 0 Å². The third kappa shape index (κ3) is 3.79. The number of hydrogen-bond acceptors (Lipinski definition) is 1. The lowest BCUT2D eigenvalue weighted by Gasteiger charge is -2.11. The Morgan fingerprint density at radius 1 is 1.05 bits per heavy atom. The standard InChI is InChI=1S/C14H11BrCl3N/c1-8-4-13(18)14(6-12(8)17)19-7-9-5-10(16)2-3-11(9)15/h2-6,19H,7H2,1H3. The highest BCUT2D eigenvalue weighted by atomic mass is 79.9. The molecule has 0 amide bonds. The summed E-state index contributed by atoms with van der Waals surface area (Å²) in [5.41, 5.74) is 2.82. The minimum atomic E-state index is 0.611. The van der Waals surface area contributed by atoms with E-state index in [0.717, 1.165) is 21.3 Å². The van der Waals surface area contributed by atoms with Gasteiger partial charge in [-0.3, -0.25) is 0 Å². The van der Waals surface area contributed by atoms with Crippen molar-refractivity contribution >= 4 is 56.4 Å². The van der Waals surface area contributed by atoms with Crippen molar-refractivity contribution in [3.05, 3.63) is 61.0 Å². The quantitative estimate of drug-likeness (QED) is 0.657. The van der Waals surface area contributed by atoms with E-state index >= 15 is 0 Å². The summed E-state index contributed by atoms with van der Waals surface area (Å²) in [4.78, 5) is 0. The predicted molar refractivity (Wildman–Crippen MR) is 87.7 cm³/mol. The second-order valence-corrected chi connectivity index (χ2v) is 6.28. The largest absolute Gasteiger partial charge is 0.380 e. The maximum atomic E-state index is 6.18. The van der Waals surface area contributed by atoms with E-state index in [4.69, 9.17) is 34.8 Å². The van der Waals surface area contributed by atoms with Crippen molar-refractivity contribution < 1.29 is 0 Å². The van der Waals surface area contributed by atoms with Crippen molar-refractivity contribution in [1.29, 1.82) is 0 Å². The van der Waals surface area contributed by atoms with Crippen molar-refractivity contribution in [2.24, 2.45) is 0 Å². The molecule has 0 aromatic heterocycles. The van der Waals surface area contributed by atoms with E-state index in [0.29, 0.717) is 21.6 Å². The van der Waals surface area contributed by atoms with Crippen molar-refractivity contribution in [3.63, 3.8) is 0 Å². The van der Waals surface area contributed by atoms with Gasteiger partial charge in [-0.05, 0) is 48.4 Å². The molecule has 0 radical (unpaired) electrons. The summed E-state index contributed by atoms with van der Waals surface area (Å²) in [6.07, 6.45) is 0. The average Bonchev–Trinajstić information content (AvgIpc) is 2.36. The van der Waals surface area contributed by atoms with E-state index in [1.165, 1.54) is 0 Å². The third-order valence-electron chi connectivity index (χ3n) is 2.73. The number of nitrogens with one attached hydrogen (secondary N) is 1. The van der Waals surface area contributed by atoms with Crippen LogP contribution in [0.3, 0.4) is 0 Å². The van der Waals surface area contributed by atoms with Gasteiger partial charge in [-0.2, -0.15) is 0 Å². The van der Waals surface area contributed by atoms with Crippen LogP contribution in [-0.2, 0) is 6.54 Å². The first-order valence-corrected chi connectivity index (χ1v) is 7.53. The Morgan fingerprint density at radius 2 is 1.79 bits per heavy atom. The second-order valence-electron chi connectivity index (χ2n) is 4.17. The summed E-state index contributed by atoms with van der Waals surface area (Å²) >= 11 is 21.7. The Kier molecular flexibility index (Phi) is 5.02. The van der Waals surface area contributed by atoms with Gasteiger partial charge in [0.2, 0.25) is 0 Å². The summed E-state index contributed by atoms with van der Waals surface area (Å²) in [6.45, 7) is 2.53. The second kappa shape index (κ2) is 6.36. The highest BCUT2D eigenvalue weighted by Gasteiger charge is 2.06. The lowest BCUT2D eigenvalue weighted by atomic mass is 10.2. The van der Waals surface area contributed by atoms with Crippen molar-refractivity contribution in [3.8, 4) is 0 Å². The fourth-order valence-corrected chi connectivity index (χ4v) is 2.68. The molecule has 0 spiro atoms. The van der Waals surface area contributed by atoms with Crippen molar-refractivity contribution in [2.45, 2.75) is 13.5 Å². The van der Waals surface area contributed by atoms with Crippen molar-refractivity contribution in [2.75, 3.05) is 5.32 Å². The molecule has 2 aromatic carbocycles. The van der Waals surface area contributed by atoms with Crippen LogP contribution in [0.2, 0.25) is 15.1 Å². The third-order valence-corrected chi connectivity index (χ3v) is 4.45. The maximum Gasteiger partial charge on any atom is 0.0641 e. The molecule has 0 bridgehead atoms. The van der Waals surface area contributed by atoms with Gasteiger partial charge in [0, 0.05) is 21.1 Å². The summed E-state index contributed by atoms with van der Waals surface area (Å²) in [5, 5.41) is 5.31. The maximum absolute atomic E-state index is 6.18. The first-order chi connectivity index (χ1) is 8.97. The Balaban J connectivity index is 2.19. The Morgan fingerprint density at radius 3 is 2.53 bits per heavy atom. The molecular weight excluding hydrogens is 368 g/mol. The van der Waals surface area contributed by atoms with Crippen LogP contribution in [-0.4, -0.2) is 0 Å². The monoisotopic (exact) mass is 377 g/mol. The van der Waals surface area contributed by atoms with Gasteiger partial charge in [0.25, 0.3) is 0 Å². The summed E-state index contributed by atoms with van der Waals surface area (Å²) in [7, 11) is 0. The Hall–Kier alpha value is -0.410. The van der Waals surface area contributed by atoms with E-state index in [2.05, 4.69) is 21.2 Å². The minimum absolute atomic E-state index is 0.611. The van der Waals surface area contributed by atoms with Gasteiger partial charge in [0.1, 0.15) is 0 Å². The van der Waals surface area contributed by atoms with Gasteiger partial charge in [-0.25, -0.2) is 0 Å². The molecule has 0 aliphatic heterocycles. The summed E-state index contributed by atoms with van der Waals surface area (Å²) < 4.78 is 0.999. The van der Waals surface area contributed by atoms with E-state index in [-0.39, 0.29) is 0 Å². The molecule has 0 saturated heterocycles. The summed E-state index contributed by atoms with van der Waals surface area (Å²) in [6, 6.07) is 9.34. The first kappa shape index (κ1) is 15.0. The molecule has 0 saturated carbocycles. The van der Waals surface area contributed by atoms with Gasteiger partial charge in [-0.1, -0.05) is 50.7 Å². The molecule has 100 valence electrons. The van der Waals surface area contributed by atoms with Crippen LogP contribution in [0.4, 0.5) is 5.69 Å². The van der Waals surface area contributed by atoms with Crippen LogP contribution in [0.15, 0.2) is 34.8 Å². The van der Waals surface area contributed by atoms with E-state index in [1.54, 1.807) is 0 Å². The Bertz CT molecular complexity index is 614. The molecule has 0 aliphatic carbocycles. The van der Waals surface area contributed by atoms with E-state index < -0.39 is 0 Å². The van der Waals surface area contributed by atoms with Gasteiger partial charge < -0.3 is 5.32 Å². The van der Waals surface area contributed by atoms with Gasteiger partial charge in [0.05, 0.1) is 10.7 Å². The fraction of sp³-hybridized carbons (Fsp3) is 0.143. The fourth-order valence-electron chi connectivity index (χ4n) is 1.65. The van der Waals surface area contributed by atoms with Crippen LogP contribution >= 0.6 is 50.7 Å². The predicted octanol–water partition coefficient (Wildman–Crippen LogP) is 6.33. The Labute approximate surface area is 136 Å². The number of aryl methyl sites for hydroxylation is 1. The molecule has 0 heterocycles. The molecule has 2 rings (SSSR count). The lowest BCUT2D eigenvalue weighted by Crippen LogP contribution is -2.01. The van der Waals surface area contributed by atoms with Crippen LogP contribution < -0.4 is 5.32 Å². The molecule has 0 aliphatic rings. The van der Waals surface area contributed by atoms with Gasteiger partial charge in [-0.15, -0.1) is 0 Å². The molecular formula is C14H11BrCl3N. The highest BCUT2D eigenvalue weighted by molar-refractivity contribution is 9.10. The van der Waals surface area contributed by atoms with Crippen LogP contribution in [0.1, 0.15) is 11.1 Å². The molecule has 0 atom stereocenters. The normalized spacial score (nSPS) is 10.6. The SMILES string of the molecule is Cc1cc(Cl)c(NCc2cc(Cl)ccc2Br)cc1Cl. The molecule has 1 nitrogen and oxygen atoms in total. The van der Waals surface area contributed by atoms with Gasteiger partial charge in [0.15, 0.2) is 0 Å². The van der Waals surface area contributed by atoms with Crippen LogP contribution in [0, 0.1) is 6.92 Å². The van der Waals surface area contributed by atoms with Crippen molar-refractivity contribution in [1.82, 2.24) is 0 Å². The number of anilines is 1. The smallest absolute Gasteiger partial charge is 0.0641 e. The van der Waals surface area contributed by atoms with Gasteiger partial charge >= 0.3 is 0 Å². The number of rotatable bonds is 3. The average molecular weight is 380 g/mol. The lowest BCUT2D eigenvalue weighted by molar-refractivity contribution is 1.14. The molecule has 0 fully saturated rings. The molecule has 19 heavy (non-hydrogen) atoms. The topological polar surface area (TPSA) is 12.0 Å². The molecule has 0 unspecified atom stereocenters. The number of halogens is 4.